The molecule has 0 spiro atoms. The van der Waals surface area contributed by atoms with Crippen LogP contribution in [-0.4, -0.2) is 11.0 Å². The smallest absolute Gasteiger partial charge is 0.141 e. The van der Waals surface area contributed by atoms with Gasteiger partial charge in [-0.25, -0.2) is 4.39 Å². The molecule has 0 bridgehead atoms. The Morgan fingerprint density at radius 3 is 2.81 bits per heavy atom. The number of aromatic nitrogens is 1. The first-order valence-electron chi connectivity index (χ1n) is 6.78. The Hall–Kier alpha value is -1.46. The largest absolute Gasteiger partial charge is 0.489 e. The average Bonchev–Trinajstić information content (AvgIpc) is 2.45. The van der Waals surface area contributed by atoms with Gasteiger partial charge in [0.25, 0.3) is 0 Å². The molecule has 0 radical (unpaired) electrons. The van der Waals surface area contributed by atoms with E-state index in [4.69, 9.17) is 4.74 Å². The van der Waals surface area contributed by atoms with Crippen molar-refractivity contribution in [2.24, 2.45) is 0 Å². The molecule has 0 aliphatic heterocycles. The van der Waals surface area contributed by atoms with E-state index in [0.717, 1.165) is 22.3 Å². The fraction of sp³-hybridized carbons (Fsp3) is 0.312. The zero-order valence-corrected chi connectivity index (χ0v) is 13.7. The van der Waals surface area contributed by atoms with Gasteiger partial charge in [-0.15, -0.1) is 0 Å². The summed E-state index contributed by atoms with van der Waals surface area (Å²) in [5, 5.41) is 3.37. The van der Waals surface area contributed by atoms with Gasteiger partial charge in [0.2, 0.25) is 0 Å². The molecule has 1 N–H and O–H groups in total. The first-order chi connectivity index (χ1) is 10.0. The Balaban J connectivity index is 2.01. The fourth-order valence-electron chi connectivity index (χ4n) is 1.79. The predicted molar refractivity (Wildman–Crippen MR) is 84.6 cm³/mol. The van der Waals surface area contributed by atoms with Gasteiger partial charge in [-0.05, 0) is 29.8 Å². The molecule has 0 amide bonds. The summed E-state index contributed by atoms with van der Waals surface area (Å²) >= 11 is 3.53. The molecular formula is C16H18BrFN2O. The van der Waals surface area contributed by atoms with Crippen molar-refractivity contribution in [2.45, 2.75) is 33.0 Å². The van der Waals surface area contributed by atoms with Crippen LogP contribution in [0.4, 0.5) is 4.39 Å². The molecule has 1 heterocycles. The molecule has 0 aliphatic rings. The second kappa shape index (κ2) is 7.52. The van der Waals surface area contributed by atoms with Gasteiger partial charge < -0.3 is 10.1 Å². The quantitative estimate of drug-likeness (QED) is 0.851. The molecule has 0 saturated heterocycles. The Morgan fingerprint density at radius 2 is 2.10 bits per heavy atom. The Bertz CT molecular complexity index is 605. The first kappa shape index (κ1) is 15.9. The van der Waals surface area contributed by atoms with Crippen molar-refractivity contribution in [3.63, 3.8) is 0 Å². The number of nitrogens with one attached hydrogen (secondary N) is 1. The highest BCUT2D eigenvalue weighted by atomic mass is 79.9. The van der Waals surface area contributed by atoms with Gasteiger partial charge in [0, 0.05) is 28.8 Å². The van der Waals surface area contributed by atoms with Gasteiger partial charge in [0.05, 0.1) is 6.20 Å². The van der Waals surface area contributed by atoms with E-state index in [1.165, 1.54) is 12.3 Å². The fourth-order valence-corrected chi connectivity index (χ4v) is 2.18. The molecule has 0 atom stereocenters. The summed E-state index contributed by atoms with van der Waals surface area (Å²) in [5.41, 5.74) is 1.83. The number of hydrogen-bond donors (Lipinski definition) is 1. The van der Waals surface area contributed by atoms with E-state index in [1.807, 2.05) is 18.2 Å². The van der Waals surface area contributed by atoms with Crippen molar-refractivity contribution >= 4 is 15.9 Å². The Labute approximate surface area is 132 Å². The Kier molecular flexibility index (Phi) is 5.70. The van der Waals surface area contributed by atoms with Gasteiger partial charge >= 0.3 is 0 Å². The zero-order valence-electron chi connectivity index (χ0n) is 12.1. The third-order valence-corrected chi connectivity index (χ3v) is 3.66. The van der Waals surface area contributed by atoms with Crippen LogP contribution in [0.15, 0.2) is 41.1 Å². The summed E-state index contributed by atoms with van der Waals surface area (Å²) in [6.45, 7) is 5.26. The van der Waals surface area contributed by atoms with Gasteiger partial charge in [-0.1, -0.05) is 29.8 Å². The van der Waals surface area contributed by atoms with Crippen LogP contribution in [0.25, 0.3) is 0 Å². The molecule has 5 heteroatoms. The highest BCUT2D eigenvalue weighted by Crippen LogP contribution is 2.23. The van der Waals surface area contributed by atoms with E-state index in [0.29, 0.717) is 18.2 Å². The lowest BCUT2D eigenvalue weighted by Gasteiger charge is -2.12. The summed E-state index contributed by atoms with van der Waals surface area (Å²) in [5.74, 6) is 0.400. The van der Waals surface area contributed by atoms with E-state index < -0.39 is 0 Å². The standard InChI is InChI=1S/C16H18BrFN2O/c1-11(2)20-8-13-6-15(3-4-16(13)17)21-10-12-5-14(18)9-19-7-12/h3-7,9,11,20H,8,10H2,1-2H3. The average molecular weight is 353 g/mol. The van der Waals surface area contributed by atoms with E-state index in [9.17, 15) is 4.39 Å². The number of nitrogens with zero attached hydrogens (tertiary/aromatic N) is 1. The third-order valence-electron chi connectivity index (χ3n) is 2.88. The zero-order chi connectivity index (χ0) is 15.2. The highest BCUT2D eigenvalue weighted by Gasteiger charge is 2.04. The molecule has 2 rings (SSSR count). The van der Waals surface area contributed by atoms with Crippen LogP contribution >= 0.6 is 15.9 Å². The van der Waals surface area contributed by atoms with E-state index in [-0.39, 0.29) is 5.82 Å². The first-order valence-corrected chi connectivity index (χ1v) is 7.58. The van der Waals surface area contributed by atoms with Crippen molar-refractivity contribution in [3.05, 3.63) is 58.1 Å². The second-order valence-electron chi connectivity index (χ2n) is 5.09. The van der Waals surface area contributed by atoms with Gasteiger partial charge in [0.15, 0.2) is 0 Å². The molecule has 0 aliphatic carbocycles. The minimum Gasteiger partial charge on any atom is -0.489 e. The minimum absolute atomic E-state index is 0.295. The maximum Gasteiger partial charge on any atom is 0.141 e. The van der Waals surface area contributed by atoms with Crippen molar-refractivity contribution in [2.75, 3.05) is 0 Å². The summed E-state index contributed by atoms with van der Waals surface area (Å²) in [4.78, 5) is 3.80. The molecule has 0 unspecified atom stereocenters. The van der Waals surface area contributed by atoms with Crippen LogP contribution in [-0.2, 0) is 13.2 Å². The highest BCUT2D eigenvalue weighted by molar-refractivity contribution is 9.10. The van der Waals surface area contributed by atoms with Crippen LogP contribution in [0.2, 0.25) is 0 Å². The lowest BCUT2D eigenvalue weighted by atomic mass is 10.2. The van der Waals surface area contributed by atoms with E-state index in [2.05, 4.69) is 40.1 Å². The number of rotatable bonds is 6. The number of pyridine rings is 1. The molecule has 1 aromatic carbocycles. The molecule has 0 saturated carbocycles. The van der Waals surface area contributed by atoms with Crippen LogP contribution in [0.1, 0.15) is 25.0 Å². The normalized spacial score (nSPS) is 10.9. The van der Waals surface area contributed by atoms with Crippen LogP contribution in [0.3, 0.4) is 0 Å². The van der Waals surface area contributed by atoms with Gasteiger partial charge in [-0.3, -0.25) is 4.98 Å². The van der Waals surface area contributed by atoms with Crippen molar-refractivity contribution in [1.82, 2.24) is 10.3 Å². The molecule has 112 valence electrons. The minimum atomic E-state index is -0.353. The van der Waals surface area contributed by atoms with Crippen molar-refractivity contribution in [3.8, 4) is 5.75 Å². The molecule has 3 nitrogen and oxygen atoms in total. The lowest BCUT2D eigenvalue weighted by Crippen LogP contribution is -2.22. The van der Waals surface area contributed by atoms with E-state index >= 15 is 0 Å². The summed E-state index contributed by atoms with van der Waals surface area (Å²) < 4.78 is 19.8. The third kappa shape index (κ3) is 5.10. The van der Waals surface area contributed by atoms with Gasteiger partial charge in [-0.2, -0.15) is 0 Å². The number of hydrogen-bond acceptors (Lipinski definition) is 3. The maximum atomic E-state index is 13.1. The number of benzene rings is 1. The van der Waals surface area contributed by atoms with Crippen LogP contribution in [0.5, 0.6) is 5.75 Å². The molecule has 1 aromatic heterocycles. The topological polar surface area (TPSA) is 34.1 Å². The van der Waals surface area contributed by atoms with E-state index in [1.54, 1.807) is 6.20 Å². The number of ether oxygens (including phenoxy) is 1. The maximum absolute atomic E-state index is 13.1. The number of halogens is 2. The molecule has 21 heavy (non-hydrogen) atoms. The van der Waals surface area contributed by atoms with Crippen molar-refractivity contribution < 1.29 is 9.13 Å². The van der Waals surface area contributed by atoms with Crippen molar-refractivity contribution in [1.29, 1.82) is 0 Å². The second-order valence-corrected chi connectivity index (χ2v) is 5.94. The molecular weight excluding hydrogens is 335 g/mol. The summed E-state index contributed by atoms with van der Waals surface area (Å²) in [7, 11) is 0. The molecule has 2 aromatic rings. The van der Waals surface area contributed by atoms with Crippen LogP contribution in [0, 0.1) is 5.82 Å². The lowest BCUT2D eigenvalue weighted by molar-refractivity contribution is 0.304. The molecule has 0 fully saturated rings. The predicted octanol–water partition coefficient (Wildman–Crippen LogP) is 4.06. The summed E-state index contributed by atoms with van der Waals surface area (Å²) in [6, 6.07) is 7.66. The Morgan fingerprint density at radius 1 is 1.29 bits per heavy atom. The van der Waals surface area contributed by atoms with Crippen LogP contribution < -0.4 is 10.1 Å². The SMILES string of the molecule is CC(C)NCc1cc(OCc2cncc(F)c2)ccc1Br. The monoisotopic (exact) mass is 352 g/mol. The summed E-state index contributed by atoms with van der Waals surface area (Å²) in [6.07, 6.45) is 2.78. The van der Waals surface area contributed by atoms with Gasteiger partial charge in [0.1, 0.15) is 18.2 Å².